The van der Waals surface area contributed by atoms with Gasteiger partial charge in [-0.1, -0.05) is 0 Å². The van der Waals surface area contributed by atoms with Gasteiger partial charge in [0, 0.05) is 6.07 Å². The average molecular weight is 373 g/mol. The molecule has 0 aliphatic heterocycles. The number of anilines is 1. The lowest BCUT2D eigenvalue weighted by Gasteiger charge is -2.13. The molecular weight excluding hydrogens is 362 g/mol. The summed E-state index contributed by atoms with van der Waals surface area (Å²) in [6.07, 6.45) is -4.76. The molecule has 0 aromatic heterocycles. The predicted molar refractivity (Wildman–Crippen MR) is 82.1 cm³/mol. The number of halogens is 4. The van der Waals surface area contributed by atoms with Crippen molar-refractivity contribution in [2.45, 2.75) is 6.18 Å². The van der Waals surface area contributed by atoms with Crippen molar-refractivity contribution in [3.05, 3.63) is 63.5 Å². The van der Waals surface area contributed by atoms with Gasteiger partial charge >= 0.3 is 6.18 Å². The highest BCUT2D eigenvalue weighted by Crippen LogP contribution is 2.34. The zero-order valence-corrected chi connectivity index (χ0v) is 13.1. The van der Waals surface area contributed by atoms with Crippen LogP contribution in [0.25, 0.3) is 0 Å². The van der Waals surface area contributed by atoms with Gasteiger partial charge in [-0.25, -0.2) is 4.39 Å². The van der Waals surface area contributed by atoms with Crippen molar-refractivity contribution in [2.24, 2.45) is 0 Å². The molecule has 0 aliphatic carbocycles. The minimum atomic E-state index is -4.76. The number of nitro benzene ring substituents is 1. The molecule has 7 nitrogen and oxygen atoms in total. The van der Waals surface area contributed by atoms with Gasteiger partial charge in [0.15, 0.2) is 0 Å². The van der Waals surface area contributed by atoms with Crippen molar-refractivity contribution in [3.63, 3.8) is 0 Å². The molecule has 138 valence electrons. The molecule has 0 saturated carbocycles. The van der Waals surface area contributed by atoms with Gasteiger partial charge in [-0.15, -0.1) is 0 Å². The molecule has 1 amide bonds. The van der Waals surface area contributed by atoms with Crippen molar-refractivity contribution in [2.75, 3.05) is 12.5 Å². The summed E-state index contributed by atoms with van der Waals surface area (Å²) in [4.78, 5) is 22.0. The molecule has 2 rings (SSSR count). The number of hydrogen-bond acceptors (Lipinski definition) is 5. The lowest BCUT2D eigenvalue weighted by molar-refractivity contribution is -0.384. The molecule has 0 unspecified atom stereocenters. The fraction of sp³-hybridized carbons (Fsp3) is 0.133. The van der Waals surface area contributed by atoms with Crippen molar-refractivity contribution in [3.8, 4) is 5.75 Å². The van der Waals surface area contributed by atoms with E-state index in [1.807, 2.05) is 5.43 Å². The molecular formula is C15H11F4N3O4. The van der Waals surface area contributed by atoms with Crippen molar-refractivity contribution in [1.29, 1.82) is 0 Å². The van der Waals surface area contributed by atoms with Crippen LogP contribution in [0.15, 0.2) is 36.4 Å². The van der Waals surface area contributed by atoms with Crippen LogP contribution >= 0.6 is 0 Å². The van der Waals surface area contributed by atoms with Gasteiger partial charge in [-0.3, -0.25) is 25.8 Å². The molecule has 0 bridgehead atoms. The molecule has 0 atom stereocenters. The molecule has 0 heterocycles. The SMILES string of the molecule is COc1ccc(F)cc1C(=O)NNc1ccc(C(F)(F)F)cc1[N+](=O)[O-]. The van der Waals surface area contributed by atoms with Crippen LogP contribution in [0.4, 0.5) is 28.9 Å². The number of rotatable bonds is 5. The minimum absolute atomic E-state index is 0.0348. The molecule has 2 N–H and O–H groups in total. The van der Waals surface area contributed by atoms with Gasteiger partial charge < -0.3 is 4.74 Å². The van der Waals surface area contributed by atoms with E-state index in [9.17, 15) is 32.5 Å². The Morgan fingerprint density at radius 3 is 2.46 bits per heavy atom. The third-order valence-corrected chi connectivity index (χ3v) is 3.24. The van der Waals surface area contributed by atoms with Gasteiger partial charge in [0.1, 0.15) is 17.3 Å². The Kier molecular flexibility index (Phi) is 5.29. The van der Waals surface area contributed by atoms with Crippen LogP contribution in [0.2, 0.25) is 0 Å². The average Bonchev–Trinajstić information content (AvgIpc) is 2.58. The maximum atomic E-state index is 13.3. The summed E-state index contributed by atoms with van der Waals surface area (Å²) in [7, 11) is 1.25. The van der Waals surface area contributed by atoms with Crippen molar-refractivity contribution in [1.82, 2.24) is 5.43 Å². The summed E-state index contributed by atoms with van der Waals surface area (Å²) in [6.45, 7) is 0. The third kappa shape index (κ3) is 4.18. The largest absolute Gasteiger partial charge is 0.496 e. The Balaban J connectivity index is 2.25. The maximum absolute atomic E-state index is 13.3. The molecule has 11 heteroatoms. The number of hydrazine groups is 1. The molecule has 0 fully saturated rings. The minimum Gasteiger partial charge on any atom is -0.496 e. The van der Waals surface area contributed by atoms with E-state index in [0.29, 0.717) is 12.1 Å². The summed E-state index contributed by atoms with van der Waals surface area (Å²) in [5.41, 5.74) is 1.50. The van der Waals surface area contributed by atoms with Crippen LogP contribution in [0.3, 0.4) is 0 Å². The van der Waals surface area contributed by atoms with Gasteiger partial charge in [0.2, 0.25) is 0 Å². The second-order valence-corrected chi connectivity index (χ2v) is 4.91. The number of alkyl halides is 3. The first-order valence-corrected chi connectivity index (χ1v) is 6.89. The van der Waals surface area contributed by atoms with E-state index >= 15 is 0 Å². The number of methoxy groups -OCH3 is 1. The number of nitrogens with one attached hydrogen (secondary N) is 2. The smallest absolute Gasteiger partial charge is 0.416 e. The van der Waals surface area contributed by atoms with Crippen LogP contribution in [0, 0.1) is 15.9 Å². The number of carbonyl (C=O) groups is 1. The predicted octanol–water partition coefficient (Wildman–Crippen LogP) is 3.52. The standard InChI is InChI=1S/C15H11F4N3O4/c1-26-13-5-3-9(16)7-10(13)14(23)21-20-11-4-2-8(15(17,18)19)6-12(11)22(24)25/h2-7,20H,1H3,(H,21,23). The first kappa shape index (κ1) is 19.0. The highest BCUT2D eigenvalue weighted by atomic mass is 19.4. The Hall–Kier alpha value is -3.37. The molecule has 0 spiro atoms. The highest BCUT2D eigenvalue weighted by molar-refractivity contribution is 5.97. The molecule has 0 aliphatic rings. The zero-order valence-electron chi connectivity index (χ0n) is 13.1. The summed E-state index contributed by atoms with van der Waals surface area (Å²) in [5, 5.41) is 11.0. The molecule has 2 aromatic carbocycles. The van der Waals surface area contributed by atoms with E-state index in [-0.39, 0.29) is 17.0 Å². The second-order valence-electron chi connectivity index (χ2n) is 4.91. The Labute approximate surface area is 143 Å². The lowest BCUT2D eigenvalue weighted by atomic mass is 10.1. The summed E-state index contributed by atoms with van der Waals surface area (Å²) in [5.74, 6) is -1.60. The van der Waals surface area contributed by atoms with Crippen molar-refractivity contribution < 1.29 is 32.0 Å². The van der Waals surface area contributed by atoms with E-state index in [4.69, 9.17) is 4.74 Å². The number of nitrogens with zero attached hydrogens (tertiary/aromatic N) is 1. The van der Waals surface area contributed by atoms with Crippen molar-refractivity contribution >= 4 is 17.3 Å². The van der Waals surface area contributed by atoms with E-state index in [1.54, 1.807) is 0 Å². The number of ether oxygens (including phenoxy) is 1. The van der Waals surface area contributed by atoms with Crippen LogP contribution in [-0.4, -0.2) is 17.9 Å². The van der Waals surface area contributed by atoms with Crippen LogP contribution in [0.5, 0.6) is 5.75 Å². The van der Waals surface area contributed by atoms with Gasteiger partial charge in [-0.2, -0.15) is 13.2 Å². The van der Waals surface area contributed by atoms with E-state index < -0.39 is 34.1 Å². The van der Waals surface area contributed by atoms with Gasteiger partial charge in [0.25, 0.3) is 11.6 Å². The first-order valence-electron chi connectivity index (χ1n) is 6.89. The normalized spacial score (nSPS) is 11.0. The Morgan fingerprint density at radius 1 is 1.19 bits per heavy atom. The number of carbonyl (C=O) groups excluding carboxylic acids is 1. The van der Waals surface area contributed by atoms with Crippen LogP contribution in [-0.2, 0) is 6.18 Å². The molecule has 2 aromatic rings. The zero-order chi connectivity index (χ0) is 19.5. The van der Waals surface area contributed by atoms with Gasteiger partial charge in [-0.05, 0) is 30.3 Å². The van der Waals surface area contributed by atoms with Gasteiger partial charge in [0.05, 0.1) is 23.2 Å². The topological polar surface area (TPSA) is 93.5 Å². The number of hydrogen-bond donors (Lipinski definition) is 2. The highest BCUT2D eigenvalue weighted by Gasteiger charge is 2.33. The molecule has 26 heavy (non-hydrogen) atoms. The number of benzene rings is 2. The maximum Gasteiger partial charge on any atom is 0.416 e. The van der Waals surface area contributed by atoms with E-state index in [1.165, 1.54) is 13.2 Å². The van der Waals surface area contributed by atoms with Crippen LogP contribution < -0.4 is 15.6 Å². The second kappa shape index (κ2) is 7.25. The fourth-order valence-electron chi connectivity index (χ4n) is 2.01. The third-order valence-electron chi connectivity index (χ3n) is 3.24. The Bertz CT molecular complexity index is 855. The van der Waals surface area contributed by atoms with E-state index in [0.717, 1.165) is 18.2 Å². The summed E-state index contributed by atoms with van der Waals surface area (Å²) >= 11 is 0. The number of nitro groups is 1. The quantitative estimate of drug-likeness (QED) is 0.475. The monoisotopic (exact) mass is 373 g/mol. The van der Waals surface area contributed by atoms with Crippen LogP contribution in [0.1, 0.15) is 15.9 Å². The Morgan fingerprint density at radius 2 is 1.88 bits per heavy atom. The number of amides is 1. The van der Waals surface area contributed by atoms with E-state index in [2.05, 4.69) is 5.43 Å². The summed E-state index contributed by atoms with van der Waals surface area (Å²) < 4.78 is 56.2. The fourth-order valence-corrected chi connectivity index (χ4v) is 2.01. The lowest BCUT2D eigenvalue weighted by Crippen LogP contribution is -2.30. The molecule has 0 saturated heterocycles. The first-order chi connectivity index (χ1) is 12.1. The molecule has 0 radical (unpaired) electrons. The summed E-state index contributed by atoms with van der Waals surface area (Å²) in [6, 6.07) is 4.87.